The summed E-state index contributed by atoms with van der Waals surface area (Å²) in [7, 11) is 0. The zero-order valence-corrected chi connectivity index (χ0v) is 10.4. The highest BCUT2D eigenvalue weighted by atomic mass is 16.5. The topological polar surface area (TPSA) is 29.5 Å². The predicted octanol–water partition coefficient (Wildman–Crippen LogP) is 2.63. The molecular formula is C14H19NO2. The first-order valence-corrected chi connectivity index (χ1v) is 5.91. The minimum atomic E-state index is -0.281. The molecule has 0 radical (unpaired) electrons. The Labute approximate surface area is 103 Å². The normalized spacial score (nSPS) is 10.5. The summed E-state index contributed by atoms with van der Waals surface area (Å²) in [5.41, 5.74) is 1.16. The van der Waals surface area contributed by atoms with Gasteiger partial charge in [-0.25, -0.2) is 4.79 Å². The second kappa shape index (κ2) is 7.49. The average molecular weight is 233 g/mol. The molecular weight excluding hydrogens is 214 g/mol. The van der Waals surface area contributed by atoms with E-state index in [-0.39, 0.29) is 5.97 Å². The Bertz CT molecular complexity index is 360. The first-order valence-electron chi connectivity index (χ1n) is 5.91. The maximum atomic E-state index is 11.1. The molecule has 0 aliphatic rings. The van der Waals surface area contributed by atoms with E-state index >= 15 is 0 Å². The smallest absolute Gasteiger partial charge is 0.330 e. The Kier molecular flexibility index (Phi) is 5.86. The number of likely N-dealkylation sites (N-methyl/N-ethyl adjacent to an activating group) is 1. The number of carbonyl (C=O) groups excluding carboxylic acids is 1. The molecule has 3 heteroatoms. The van der Waals surface area contributed by atoms with Gasteiger partial charge in [-0.05, 0) is 26.0 Å². The summed E-state index contributed by atoms with van der Waals surface area (Å²) in [5.74, 6) is -0.281. The largest absolute Gasteiger partial charge is 0.463 e. The van der Waals surface area contributed by atoms with E-state index in [0.29, 0.717) is 13.2 Å². The molecule has 17 heavy (non-hydrogen) atoms. The van der Waals surface area contributed by atoms with Gasteiger partial charge in [-0.3, -0.25) is 0 Å². The van der Waals surface area contributed by atoms with Gasteiger partial charge in [0.25, 0.3) is 0 Å². The van der Waals surface area contributed by atoms with Crippen molar-refractivity contribution < 1.29 is 9.53 Å². The van der Waals surface area contributed by atoms with Crippen molar-refractivity contribution in [2.75, 3.05) is 24.6 Å². The number of rotatable bonds is 6. The van der Waals surface area contributed by atoms with Crippen LogP contribution in [0.1, 0.15) is 13.8 Å². The lowest BCUT2D eigenvalue weighted by atomic mass is 10.3. The molecule has 0 bridgehead atoms. The summed E-state index contributed by atoms with van der Waals surface area (Å²) in [6.45, 7) is 5.91. The molecule has 0 aliphatic heterocycles. The molecule has 0 saturated carbocycles. The highest BCUT2D eigenvalue weighted by molar-refractivity contribution is 5.81. The monoisotopic (exact) mass is 233 g/mol. The fourth-order valence-corrected chi connectivity index (χ4v) is 1.52. The fourth-order valence-electron chi connectivity index (χ4n) is 1.52. The molecule has 0 saturated heterocycles. The van der Waals surface area contributed by atoms with E-state index in [2.05, 4.69) is 24.0 Å². The molecule has 0 unspecified atom stereocenters. The van der Waals surface area contributed by atoms with Gasteiger partial charge in [0.2, 0.25) is 0 Å². The van der Waals surface area contributed by atoms with Crippen LogP contribution in [0.4, 0.5) is 5.69 Å². The first kappa shape index (κ1) is 13.3. The summed E-state index contributed by atoms with van der Waals surface area (Å²) in [6.07, 6.45) is 3.31. The van der Waals surface area contributed by atoms with Crippen LogP contribution in [0.25, 0.3) is 0 Å². The molecule has 1 aromatic rings. The molecule has 1 aromatic carbocycles. The van der Waals surface area contributed by atoms with Gasteiger partial charge >= 0.3 is 5.97 Å². The van der Waals surface area contributed by atoms with E-state index in [9.17, 15) is 4.79 Å². The van der Waals surface area contributed by atoms with Crippen LogP contribution in [-0.4, -0.2) is 25.7 Å². The number of nitrogens with zero attached hydrogens (tertiary/aromatic N) is 1. The van der Waals surface area contributed by atoms with Gasteiger partial charge in [-0.2, -0.15) is 0 Å². The molecule has 0 amide bonds. The second-order valence-corrected chi connectivity index (χ2v) is 3.53. The summed E-state index contributed by atoms with van der Waals surface area (Å²) in [4.78, 5) is 13.3. The lowest BCUT2D eigenvalue weighted by Gasteiger charge is -2.21. The van der Waals surface area contributed by atoms with Crippen molar-refractivity contribution in [1.82, 2.24) is 0 Å². The van der Waals surface area contributed by atoms with Crippen molar-refractivity contribution in [1.29, 1.82) is 0 Å². The number of anilines is 1. The Hall–Kier alpha value is -1.77. The lowest BCUT2D eigenvalue weighted by Crippen LogP contribution is -2.22. The van der Waals surface area contributed by atoms with Crippen LogP contribution in [0.2, 0.25) is 0 Å². The quantitative estimate of drug-likeness (QED) is 0.559. The van der Waals surface area contributed by atoms with Crippen LogP contribution in [0, 0.1) is 0 Å². The van der Waals surface area contributed by atoms with Crippen molar-refractivity contribution in [3.8, 4) is 0 Å². The summed E-state index contributed by atoms with van der Waals surface area (Å²) >= 11 is 0. The number of benzene rings is 1. The van der Waals surface area contributed by atoms with Crippen molar-refractivity contribution in [2.45, 2.75) is 13.8 Å². The number of para-hydroxylation sites is 1. The lowest BCUT2D eigenvalue weighted by molar-refractivity contribution is -0.137. The third kappa shape index (κ3) is 4.72. The zero-order valence-electron chi connectivity index (χ0n) is 10.4. The molecule has 1 rings (SSSR count). The van der Waals surface area contributed by atoms with Gasteiger partial charge in [0.1, 0.15) is 0 Å². The third-order valence-corrected chi connectivity index (χ3v) is 2.37. The van der Waals surface area contributed by atoms with Crippen LogP contribution in [0.3, 0.4) is 0 Å². The van der Waals surface area contributed by atoms with Gasteiger partial charge in [0.15, 0.2) is 0 Å². The van der Waals surface area contributed by atoms with Crippen LogP contribution < -0.4 is 4.90 Å². The highest BCUT2D eigenvalue weighted by Gasteiger charge is 2.01. The highest BCUT2D eigenvalue weighted by Crippen LogP contribution is 2.12. The van der Waals surface area contributed by atoms with Gasteiger partial charge in [0, 0.05) is 24.9 Å². The van der Waals surface area contributed by atoms with Crippen LogP contribution >= 0.6 is 0 Å². The number of hydrogen-bond acceptors (Lipinski definition) is 3. The SMILES string of the molecule is CCOC(=O)/C=C/CN(CC)c1ccccc1. The molecule has 0 fully saturated rings. The van der Waals surface area contributed by atoms with Crippen LogP contribution in [-0.2, 0) is 9.53 Å². The molecule has 0 N–H and O–H groups in total. The minimum absolute atomic E-state index is 0.281. The van der Waals surface area contributed by atoms with E-state index in [1.165, 1.54) is 6.08 Å². The van der Waals surface area contributed by atoms with Crippen molar-refractivity contribution in [3.63, 3.8) is 0 Å². The number of hydrogen-bond donors (Lipinski definition) is 0. The van der Waals surface area contributed by atoms with E-state index in [0.717, 1.165) is 12.2 Å². The van der Waals surface area contributed by atoms with Gasteiger partial charge in [0.05, 0.1) is 6.61 Å². The van der Waals surface area contributed by atoms with Crippen molar-refractivity contribution >= 4 is 11.7 Å². The maximum Gasteiger partial charge on any atom is 0.330 e. The molecule has 92 valence electrons. The van der Waals surface area contributed by atoms with E-state index < -0.39 is 0 Å². The number of ether oxygens (including phenoxy) is 1. The Balaban J connectivity index is 2.51. The first-order chi connectivity index (χ1) is 8.27. The molecule has 0 heterocycles. The summed E-state index contributed by atoms with van der Waals surface area (Å²) in [5, 5.41) is 0. The molecule has 0 aliphatic carbocycles. The van der Waals surface area contributed by atoms with Crippen molar-refractivity contribution in [3.05, 3.63) is 42.5 Å². The Morgan fingerprint density at radius 1 is 1.29 bits per heavy atom. The molecule has 0 aromatic heterocycles. The Morgan fingerprint density at radius 3 is 2.59 bits per heavy atom. The molecule has 0 atom stereocenters. The summed E-state index contributed by atoms with van der Waals surface area (Å²) in [6, 6.07) is 10.1. The third-order valence-electron chi connectivity index (χ3n) is 2.37. The molecule has 3 nitrogen and oxygen atoms in total. The van der Waals surface area contributed by atoms with E-state index in [1.807, 2.05) is 24.3 Å². The zero-order chi connectivity index (χ0) is 12.5. The minimum Gasteiger partial charge on any atom is -0.463 e. The Morgan fingerprint density at radius 2 is 2.00 bits per heavy atom. The fraction of sp³-hybridized carbons (Fsp3) is 0.357. The van der Waals surface area contributed by atoms with Crippen LogP contribution in [0.15, 0.2) is 42.5 Å². The molecule has 0 spiro atoms. The number of carbonyl (C=O) groups is 1. The van der Waals surface area contributed by atoms with E-state index in [4.69, 9.17) is 4.74 Å². The summed E-state index contributed by atoms with van der Waals surface area (Å²) < 4.78 is 4.82. The van der Waals surface area contributed by atoms with E-state index in [1.54, 1.807) is 6.92 Å². The average Bonchev–Trinajstić information content (AvgIpc) is 2.36. The second-order valence-electron chi connectivity index (χ2n) is 3.53. The van der Waals surface area contributed by atoms with Gasteiger partial charge in [-0.15, -0.1) is 0 Å². The predicted molar refractivity (Wildman–Crippen MR) is 70.1 cm³/mol. The van der Waals surface area contributed by atoms with Gasteiger partial charge in [-0.1, -0.05) is 24.3 Å². The van der Waals surface area contributed by atoms with Gasteiger partial charge < -0.3 is 9.64 Å². The number of esters is 1. The van der Waals surface area contributed by atoms with Crippen LogP contribution in [0.5, 0.6) is 0 Å². The standard InChI is InChI=1S/C14H19NO2/c1-3-15(13-9-6-5-7-10-13)12-8-11-14(16)17-4-2/h5-11H,3-4,12H2,1-2H3/b11-8+. The van der Waals surface area contributed by atoms with Crippen molar-refractivity contribution in [2.24, 2.45) is 0 Å². The maximum absolute atomic E-state index is 11.1.